The van der Waals surface area contributed by atoms with Gasteiger partial charge in [0.1, 0.15) is 12.3 Å². The quantitative estimate of drug-likeness (QED) is 0.173. The second-order valence-electron chi connectivity index (χ2n) is 9.16. The number of hydrogen-bond donors (Lipinski definition) is 2. The number of nitro benzene ring substituents is 1. The van der Waals surface area contributed by atoms with Gasteiger partial charge in [-0.2, -0.15) is 5.10 Å². The zero-order chi connectivity index (χ0) is 30.0. The Morgan fingerprint density at radius 3 is 2.45 bits per heavy atom. The summed E-state index contributed by atoms with van der Waals surface area (Å²) in [4.78, 5) is 34.8. The highest BCUT2D eigenvalue weighted by molar-refractivity contribution is 7.93. The molecule has 0 radical (unpaired) electrons. The van der Waals surface area contributed by atoms with Crippen molar-refractivity contribution >= 4 is 39.4 Å². The van der Waals surface area contributed by atoms with Gasteiger partial charge in [-0.1, -0.05) is 30.3 Å². The van der Waals surface area contributed by atoms with E-state index in [4.69, 9.17) is 9.47 Å². The van der Waals surface area contributed by atoms with E-state index >= 15 is 0 Å². The molecule has 0 spiro atoms. The molecule has 1 heterocycles. The van der Waals surface area contributed by atoms with Gasteiger partial charge in [0.25, 0.3) is 27.5 Å². The summed E-state index contributed by atoms with van der Waals surface area (Å²) in [5.41, 5.74) is 2.41. The number of benzene rings is 3. The van der Waals surface area contributed by atoms with Crippen molar-refractivity contribution in [2.45, 2.75) is 23.8 Å². The maximum atomic E-state index is 13.5. The topological polar surface area (TPSA) is 170 Å². The summed E-state index contributed by atoms with van der Waals surface area (Å²) >= 11 is 0. The number of rotatable bonds is 13. The summed E-state index contributed by atoms with van der Waals surface area (Å²) in [6, 6.07) is 19.3. The number of hydrogen-bond acceptors (Lipinski definition) is 9. The molecule has 3 aromatic carbocycles. The van der Waals surface area contributed by atoms with E-state index in [0.717, 1.165) is 29.3 Å². The van der Waals surface area contributed by atoms with Crippen LogP contribution in [-0.4, -0.2) is 63.8 Å². The average molecular weight is 596 g/mol. The van der Waals surface area contributed by atoms with Gasteiger partial charge in [-0.05, 0) is 60.9 Å². The van der Waals surface area contributed by atoms with Crippen molar-refractivity contribution in [2.75, 3.05) is 30.6 Å². The standard InChI is InChI=1S/C28H29N5O8S/c34-27(19-32(22-7-2-1-3-8-22)42(38,39)26-11-5-4-10-25(26)33(36)37)31-30-17-21-12-14-23(15-13-21)41-20-28(35)29-18-24-9-6-16-40-24/h1-5,7-8,10-15,17,24H,6,9,16,18-20H2,(H,29,35)(H,31,34)/b30-17-/t24-/m1/s1. The van der Waals surface area contributed by atoms with Gasteiger partial charge in [0, 0.05) is 19.2 Å². The lowest BCUT2D eigenvalue weighted by molar-refractivity contribution is -0.387. The molecule has 1 atom stereocenters. The molecule has 1 saturated heterocycles. The molecule has 13 nitrogen and oxygen atoms in total. The van der Waals surface area contributed by atoms with Crippen LogP contribution in [0, 0.1) is 10.1 Å². The molecule has 1 fully saturated rings. The van der Waals surface area contributed by atoms with Gasteiger partial charge in [-0.15, -0.1) is 0 Å². The highest BCUT2D eigenvalue weighted by Crippen LogP contribution is 2.29. The van der Waals surface area contributed by atoms with Crippen LogP contribution in [0.4, 0.5) is 11.4 Å². The van der Waals surface area contributed by atoms with Gasteiger partial charge in [-0.3, -0.25) is 24.0 Å². The van der Waals surface area contributed by atoms with Crippen LogP contribution in [0.5, 0.6) is 5.75 Å². The van der Waals surface area contributed by atoms with Crippen LogP contribution in [0.2, 0.25) is 0 Å². The second kappa shape index (κ2) is 14.2. The average Bonchev–Trinajstić information content (AvgIpc) is 3.52. The third-order valence-corrected chi connectivity index (χ3v) is 7.99. The van der Waals surface area contributed by atoms with Crippen LogP contribution in [-0.2, 0) is 24.3 Å². The number of anilines is 1. The molecule has 0 aliphatic carbocycles. The normalized spacial score (nSPS) is 14.8. The van der Waals surface area contributed by atoms with Crippen molar-refractivity contribution < 1.29 is 32.4 Å². The van der Waals surface area contributed by atoms with E-state index in [1.807, 2.05) is 0 Å². The summed E-state index contributed by atoms with van der Waals surface area (Å²) < 4.78 is 38.7. The molecule has 42 heavy (non-hydrogen) atoms. The largest absolute Gasteiger partial charge is 0.484 e. The molecule has 1 aliphatic heterocycles. The van der Waals surface area contributed by atoms with E-state index in [1.165, 1.54) is 30.5 Å². The molecular weight excluding hydrogens is 566 g/mol. The number of nitro groups is 1. The molecule has 220 valence electrons. The number of ether oxygens (including phenoxy) is 2. The van der Waals surface area contributed by atoms with E-state index < -0.39 is 38.0 Å². The van der Waals surface area contributed by atoms with Gasteiger partial charge in [0.05, 0.1) is 22.9 Å². The van der Waals surface area contributed by atoms with Crippen molar-refractivity contribution in [1.29, 1.82) is 0 Å². The molecule has 0 saturated carbocycles. The SMILES string of the molecule is O=C(COc1ccc(/C=N\NC(=O)CN(c2ccccc2)S(=O)(=O)c2ccccc2[N+](=O)[O-])cc1)NC[C@H]1CCCO1. The summed E-state index contributed by atoms with van der Waals surface area (Å²) in [6.07, 6.45) is 3.31. The first-order chi connectivity index (χ1) is 20.2. The van der Waals surface area contributed by atoms with Crippen LogP contribution in [0.3, 0.4) is 0 Å². The number of sulfonamides is 1. The lowest BCUT2D eigenvalue weighted by Crippen LogP contribution is -2.39. The summed E-state index contributed by atoms with van der Waals surface area (Å²) in [6.45, 7) is 0.330. The van der Waals surface area contributed by atoms with Crippen molar-refractivity contribution in [1.82, 2.24) is 10.7 Å². The maximum Gasteiger partial charge on any atom is 0.289 e. The lowest BCUT2D eigenvalue weighted by Gasteiger charge is -2.23. The molecule has 3 aromatic rings. The molecule has 0 unspecified atom stereocenters. The summed E-state index contributed by atoms with van der Waals surface area (Å²) in [7, 11) is -4.50. The van der Waals surface area contributed by atoms with Crippen LogP contribution in [0.25, 0.3) is 0 Å². The molecule has 14 heteroatoms. The van der Waals surface area contributed by atoms with Gasteiger partial charge in [-0.25, -0.2) is 13.8 Å². The summed E-state index contributed by atoms with van der Waals surface area (Å²) in [5, 5.41) is 18.1. The van der Waals surface area contributed by atoms with Gasteiger partial charge < -0.3 is 14.8 Å². The fourth-order valence-corrected chi connectivity index (χ4v) is 5.66. The number of nitrogens with one attached hydrogen (secondary N) is 2. The Kier molecular flexibility index (Phi) is 10.2. The van der Waals surface area contributed by atoms with E-state index in [0.29, 0.717) is 24.5 Å². The maximum absolute atomic E-state index is 13.5. The van der Waals surface area contributed by atoms with E-state index in [9.17, 15) is 28.1 Å². The summed E-state index contributed by atoms with van der Waals surface area (Å²) in [5.74, 6) is -0.569. The molecule has 2 N–H and O–H groups in total. The fourth-order valence-electron chi connectivity index (χ4n) is 4.08. The Hall–Kier alpha value is -4.82. The van der Waals surface area contributed by atoms with Crippen LogP contribution >= 0.6 is 0 Å². The predicted octanol–water partition coefficient (Wildman–Crippen LogP) is 2.61. The highest BCUT2D eigenvalue weighted by Gasteiger charge is 2.33. The van der Waals surface area contributed by atoms with Crippen LogP contribution < -0.4 is 19.8 Å². The number of carbonyl (C=O) groups is 2. The van der Waals surface area contributed by atoms with Crippen LogP contribution in [0.15, 0.2) is 88.9 Å². The highest BCUT2D eigenvalue weighted by atomic mass is 32.2. The van der Waals surface area contributed by atoms with E-state index in [2.05, 4.69) is 15.8 Å². The Morgan fingerprint density at radius 1 is 1.05 bits per heavy atom. The molecular formula is C28H29N5O8S. The number of hydrazone groups is 1. The monoisotopic (exact) mass is 595 g/mol. The minimum absolute atomic E-state index is 0.0455. The predicted molar refractivity (Wildman–Crippen MR) is 154 cm³/mol. The Bertz CT molecular complexity index is 1530. The Morgan fingerprint density at radius 2 is 1.76 bits per heavy atom. The molecule has 1 aliphatic rings. The third-order valence-electron chi connectivity index (χ3n) is 6.17. The third kappa shape index (κ3) is 8.11. The smallest absolute Gasteiger partial charge is 0.289 e. The second-order valence-corrected chi connectivity index (χ2v) is 11.0. The first-order valence-electron chi connectivity index (χ1n) is 13.0. The minimum atomic E-state index is -4.50. The van der Waals surface area contributed by atoms with Crippen molar-refractivity contribution in [2.24, 2.45) is 5.10 Å². The Balaban J connectivity index is 1.35. The van der Waals surface area contributed by atoms with Crippen molar-refractivity contribution in [3.63, 3.8) is 0 Å². The number of amides is 2. The fraction of sp³-hybridized carbons (Fsp3) is 0.250. The number of para-hydroxylation sites is 2. The van der Waals surface area contributed by atoms with Crippen LogP contribution in [0.1, 0.15) is 18.4 Å². The molecule has 0 aromatic heterocycles. The van der Waals surface area contributed by atoms with Crippen molar-refractivity contribution in [3.05, 3.63) is 94.5 Å². The molecule has 0 bridgehead atoms. The Labute approximate surface area is 242 Å². The number of carbonyl (C=O) groups excluding carboxylic acids is 2. The van der Waals surface area contributed by atoms with Gasteiger partial charge in [0.2, 0.25) is 0 Å². The van der Waals surface area contributed by atoms with E-state index in [1.54, 1.807) is 42.5 Å². The first-order valence-corrected chi connectivity index (χ1v) is 14.4. The van der Waals surface area contributed by atoms with Crippen molar-refractivity contribution in [3.8, 4) is 5.75 Å². The van der Waals surface area contributed by atoms with Gasteiger partial charge >= 0.3 is 0 Å². The lowest BCUT2D eigenvalue weighted by atomic mass is 10.2. The molecule has 2 amide bonds. The minimum Gasteiger partial charge on any atom is -0.484 e. The number of nitrogens with zero attached hydrogens (tertiary/aromatic N) is 3. The first kappa shape index (κ1) is 30.1. The zero-order valence-corrected chi connectivity index (χ0v) is 23.2. The zero-order valence-electron chi connectivity index (χ0n) is 22.4. The molecule has 4 rings (SSSR count). The van der Waals surface area contributed by atoms with E-state index in [-0.39, 0.29) is 24.3 Å². The van der Waals surface area contributed by atoms with Gasteiger partial charge in [0.15, 0.2) is 11.5 Å².